The number of aliphatic hydroxyl groups excluding tert-OH is 1. The smallest absolute Gasteiger partial charge is 0.393 e. The van der Waals surface area contributed by atoms with E-state index in [9.17, 15) is 18.0 Å². The Morgan fingerprint density at radius 1 is 1.53 bits per heavy atom. The molecule has 0 aromatic carbocycles. The number of hydrogen-bond donors (Lipinski definition) is 2. The Morgan fingerprint density at radius 3 is 2.60 bits per heavy atom. The molecule has 7 heteroatoms. The van der Waals surface area contributed by atoms with Crippen molar-refractivity contribution in [3.8, 4) is 0 Å². The Bertz CT molecular complexity index is 197. The van der Waals surface area contributed by atoms with Gasteiger partial charge in [0.1, 0.15) is 0 Å². The van der Waals surface area contributed by atoms with Crippen molar-refractivity contribution in [3.05, 3.63) is 0 Å². The van der Waals surface area contributed by atoms with Crippen LogP contribution in [0.15, 0.2) is 0 Å². The fraction of sp³-hybridized carbons (Fsp3) is 0.875. The maximum Gasteiger partial charge on any atom is 0.441 e. The normalized spacial score (nSPS) is 13.7. The summed E-state index contributed by atoms with van der Waals surface area (Å²) in [5.41, 5.74) is -4.25. The zero-order chi connectivity index (χ0) is 11.9. The van der Waals surface area contributed by atoms with Gasteiger partial charge in [0, 0.05) is 18.7 Å². The van der Waals surface area contributed by atoms with Crippen molar-refractivity contribution < 1.29 is 23.1 Å². The highest BCUT2D eigenvalue weighted by atomic mass is 32.2. The van der Waals surface area contributed by atoms with Gasteiger partial charge in [0.15, 0.2) is 0 Å². The predicted octanol–water partition coefficient (Wildman–Crippen LogP) is 1.52. The van der Waals surface area contributed by atoms with Gasteiger partial charge in [-0.2, -0.15) is 13.2 Å². The van der Waals surface area contributed by atoms with Gasteiger partial charge in [-0.1, -0.05) is 0 Å². The molecule has 0 radical (unpaired) electrons. The minimum Gasteiger partial charge on any atom is -0.393 e. The lowest BCUT2D eigenvalue weighted by Crippen LogP contribution is -2.27. The summed E-state index contributed by atoms with van der Waals surface area (Å²) in [6.45, 7) is 1.54. The molecule has 0 aromatic heterocycles. The van der Waals surface area contributed by atoms with E-state index in [1.54, 1.807) is 6.92 Å². The van der Waals surface area contributed by atoms with Crippen molar-refractivity contribution in [2.24, 2.45) is 0 Å². The Labute approximate surface area is 90.4 Å². The molecule has 1 unspecified atom stereocenters. The van der Waals surface area contributed by atoms with Gasteiger partial charge in [-0.25, -0.2) is 0 Å². The van der Waals surface area contributed by atoms with Gasteiger partial charge in [0.05, 0.1) is 6.10 Å². The van der Waals surface area contributed by atoms with E-state index in [1.807, 2.05) is 0 Å². The van der Waals surface area contributed by atoms with E-state index in [2.05, 4.69) is 5.32 Å². The molecule has 0 aliphatic rings. The lowest BCUT2D eigenvalue weighted by atomic mass is 10.2. The summed E-state index contributed by atoms with van der Waals surface area (Å²) < 4.78 is 35.0. The highest BCUT2D eigenvalue weighted by Crippen LogP contribution is 2.29. The molecule has 1 atom stereocenters. The summed E-state index contributed by atoms with van der Waals surface area (Å²) in [6.07, 6.45) is -0.118. The SMILES string of the molecule is CC(O)CCC(=O)NCCSC(F)(F)F. The molecule has 0 bridgehead atoms. The van der Waals surface area contributed by atoms with Crippen molar-refractivity contribution in [2.75, 3.05) is 12.3 Å². The van der Waals surface area contributed by atoms with Crippen LogP contribution in [-0.4, -0.2) is 34.9 Å². The van der Waals surface area contributed by atoms with E-state index in [-0.39, 0.29) is 36.4 Å². The van der Waals surface area contributed by atoms with E-state index in [4.69, 9.17) is 5.11 Å². The van der Waals surface area contributed by atoms with Crippen molar-refractivity contribution in [1.29, 1.82) is 0 Å². The largest absolute Gasteiger partial charge is 0.441 e. The molecule has 0 aromatic rings. The monoisotopic (exact) mass is 245 g/mol. The Balaban J connectivity index is 3.40. The van der Waals surface area contributed by atoms with Crippen LogP contribution in [0.5, 0.6) is 0 Å². The number of halogens is 3. The van der Waals surface area contributed by atoms with Crippen molar-refractivity contribution in [3.63, 3.8) is 0 Å². The van der Waals surface area contributed by atoms with Crippen molar-refractivity contribution >= 4 is 17.7 Å². The van der Waals surface area contributed by atoms with Crippen LogP contribution < -0.4 is 5.32 Å². The maximum absolute atomic E-state index is 11.7. The summed E-state index contributed by atoms with van der Waals surface area (Å²) in [5, 5.41) is 11.2. The number of carbonyl (C=O) groups is 1. The molecule has 0 heterocycles. The Hall–Kier alpha value is -0.430. The molecule has 2 N–H and O–H groups in total. The summed E-state index contributed by atoms with van der Waals surface area (Å²) in [4.78, 5) is 11.0. The third-order valence-corrected chi connectivity index (χ3v) is 2.21. The molecule has 90 valence electrons. The minimum absolute atomic E-state index is 0.0111. The number of hydrogen-bond acceptors (Lipinski definition) is 3. The van der Waals surface area contributed by atoms with Gasteiger partial charge < -0.3 is 10.4 Å². The maximum atomic E-state index is 11.7. The molecule has 15 heavy (non-hydrogen) atoms. The predicted molar refractivity (Wildman–Crippen MR) is 52.4 cm³/mol. The van der Waals surface area contributed by atoms with E-state index in [1.165, 1.54) is 0 Å². The number of alkyl halides is 3. The molecule has 1 amide bonds. The van der Waals surface area contributed by atoms with Crippen LogP contribution in [0.3, 0.4) is 0 Å². The van der Waals surface area contributed by atoms with Gasteiger partial charge in [-0.15, -0.1) is 0 Å². The van der Waals surface area contributed by atoms with Gasteiger partial charge >= 0.3 is 5.51 Å². The van der Waals surface area contributed by atoms with E-state index < -0.39 is 11.6 Å². The van der Waals surface area contributed by atoms with E-state index in [0.29, 0.717) is 6.42 Å². The molecule has 0 saturated carbocycles. The second kappa shape index (κ2) is 6.95. The summed E-state index contributed by atoms with van der Waals surface area (Å²) in [5.74, 6) is -0.525. The van der Waals surface area contributed by atoms with Crippen LogP contribution in [0.4, 0.5) is 13.2 Å². The summed E-state index contributed by atoms with van der Waals surface area (Å²) >= 11 is -0.164. The zero-order valence-corrected chi connectivity index (χ0v) is 9.12. The zero-order valence-electron chi connectivity index (χ0n) is 8.30. The lowest BCUT2D eigenvalue weighted by molar-refractivity contribution is -0.121. The first-order chi connectivity index (χ1) is 6.81. The van der Waals surface area contributed by atoms with Crippen LogP contribution in [-0.2, 0) is 4.79 Å². The molecular weight excluding hydrogens is 231 g/mol. The van der Waals surface area contributed by atoms with Crippen LogP contribution in [0.2, 0.25) is 0 Å². The fourth-order valence-corrected chi connectivity index (χ4v) is 1.22. The highest BCUT2D eigenvalue weighted by molar-refractivity contribution is 8.00. The summed E-state index contributed by atoms with van der Waals surface area (Å²) in [7, 11) is 0. The van der Waals surface area contributed by atoms with Crippen LogP contribution in [0.25, 0.3) is 0 Å². The average Bonchev–Trinajstić information content (AvgIpc) is 2.07. The Kier molecular flexibility index (Phi) is 6.75. The first-order valence-corrected chi connectivity index (χ1v) is 5.45. The third kappa shape index (κ3) is 11.5. The average molecular weight is 245 g/mol. The van der Waals surface area contributed by atoms with Gasteiger partial charge in [0.2, 0.25) is 5.91 Å². The lowest BCUT2D eigenvalue weighted by Gasteiger charge is -2.07. The van der Waals surface area contributed by atoms with Crippen LogP contribution >= 0.6 is 11.8 Å². The highest BCUT2D eigenvalue weighted by Gasteiger charge is 2.27. The van der Waals surface area contributed by atoms with E-state index >= 15 is 0 Å². The van der Waals surface area contributed by atoms with Gasteiger partial charge in [-0.05, 0) is 25.1 Å². The molecule has 0 fully saturated rings. The number of aliphatic hydroxyl groups is 1. The van der Waals surface area contributed by atoms with Crippen LogP contribution in [0.1, 0.15) is 19.8 Å². The fourth-order valence-electron chi connectivity index (χ4n) is 0.786. The van der Waals surface area contributed by atoms with Crippen molar-refractivity contribution in [1.82, 2.24) is 5.32 Å². The van der Waals surface area contributed by atoms with E-state index in [0.717, 1.165) is 0 Å². The second-order valence-electron chi connectivity index (χ2n) is 3.03. The second-order valence-corrected chi connectivity index (χ2v) is 4.19. The number of amides is 1. The minimum atomic E-state index is -4.25. The Morgan fingerprint density at radius 2 is 2.13 bits per heavy atom. The standard InChI is InChI=1S/C8H14F3NO2S/c1-6(13)2-3-7(14)12-4-5-15-8(9,10)11/h6,13H,2-5H2,1H3,(H,12,14). The quantitative estimate of drug-likeness (QED) is 0.697. The topological polar surface area (TPSA) is 49.3 Å². The number of thioether (sulfide) groups is 1. The molecule has 0 spiro atoms. The molecule has 0 rings (SSSR count). The first kappa shape index (κ1) is 14.6. The molecule has 3 nitrogen and oxygen atoms in total. The van der Waals surface area contributed by atoms with Gasteiger partial charge in [-0.3, -0.25) is 4.79 Å². The number of nitrogens with one attached hydrogen (secondary N) is 1. The molecule has 0 saturated heterocycles. The first-order valence-electron chi connectivity index (χ1n) is 4.46. The summed E-state index contributed by atoms with van der Waals surface area (Å²) in [6, 6.07) is 0. The van der Waals surface area contributed by atoms with Crippen molar-refractivity contribution in [2.45, 2.75) is 31.4 Å². The van der Waals surface area contributed by atoms with Crippen LogP contribution in [0, 0.1) is 0 Å². The molecular formula is C8H14F3NO2S. The number of rotatable bonds is 6. The number of carbonyl (C=O) groups excluding carboxylic acids is 1. The third-order valence-electron chi connectivity index (χ3n) is 1.48. The molecule has 0 aliphatic carbocycles. The molecule has 0 aliphatic heterocycles. The van der Waals surface area contributed by atoms with Gasteiger partial charge in [0.25, 0.3) is 0 Å².